The lowest BCUT2D eigenvalue weighted by Gasteiger charge is -2.11. The number of nitrogens with two attached hydrogens (primary N) is 1. The third-order valence-corrected chi connectivity index (χ3v) is 2.66. The van der Waals surface area contributed by atoms with Crippen LogP contribution in [0.2, 0.25) is 0 Å². The molecule has 0 heterocycles. The fraction of sp³-hybridized carbons (Fsp3) is 0.0667. The molecule has 0 saturated heterocycles. The van der Waals surface area contributed by atoms with Crippen molar-refractivity contribution < 1.29 is 9.59 Å². The molecular weight excluding hydrogens is 240 g/mol. The molecule has 0 bridgehead atoms. The van der Waals surface area contributed by atoms with Crippen molar-refractivity contribution in [3.8, 4) is 0 Å². The highest BCUT2D eigenvalue weighted by molar-refractivity contribution is 6.16. The Balaban J connectivity index is 2.06. The van der Waals surface area contributed by atoms with E-state index in [0.29, 0.717) is 11.3 Å². The number of nitrogens with one attached hydrogen (secondary N) is 1. The Morgan fingerprint density at radius 3 is 2.00 bits per heavy atom. The summed E-state index contributed by atoms with van der Waals surface area (Å²) < 4.78 is 0. The zero-order valence-corrected chi connectivity index (χ0v) is 10.2. The molecule has 1 amide bonds. The number of benzene rings is 2. The first-order valence-electron chi connectivity index (χ1n) is 5.89. The molecule has 0 aliphatic heterocycles. The van der Waals surface area contributed by atoms with Crippen LogP contribution in [0, 0.1) is 0 Å². The molecule has 0 aliphatic carbocycles. The molecule has 19 heavy (non-hydrogen) atoms. The number of para-hydroxylation sites is 1. The summed E-state index contributed by atoms with van der Waals surface area (Å²) in [7, 11) is 0. The maximum atomic E-state index is 12.0. The molecular formula is C15H14N2O2. The van der Waals surface area contributed by atoms with Gasteiger partial charge in [0, 0.05) is 11.3 Å². The predicted octanol–water partition coefficient (Wildman–Crippen LogP) is 1.84. The number of rotatable bonds is 4. The first-order valence-corrected chi connectivity index (χ1v) is 5.89. The van der Waals surface area contributed by atoms with Gasteiger partial charge in [0.05, 0.1) is 0 Å². The molecule has 1 unspecified atom stereocenters. The van der Waals surface area contributed by atoms with E-state index in [1.54, 1.807) is 54.6 Å². The SMILES string of the molecule is NC(C(=O)Nc1ccccc1)C(=O)c1ccccc1. The smallest absolute Gasteiger partial charge is 0.249 e. The van der Waals surface area contributed by atoms with E-state index < -0.39 is 17.7 Å². The summed E-state index contributed by atoms with van der Waals surface area (Å²) in [5, 5.41) is 2.61. The highest BCUT2D eigenvalue weighted by Gasteiger charge is 2.23. The summed E-state index contributed by atoms with van der Waals surface area (Å²) in [5.74, 6) is -0.908. The summed E-state index contributed by atoms with van der Waals surface area (Å²) in [4.78, 5) is 23.9. The van der Waals surface area contributed by atoms with Gasteiger partial charge < -0.3 is 11.1 Å². The van der Waals surface area contributed by atoms with Crippen LogP contribution in [0.1, 0.15) is 10.4 Å². The monoisotopic (exact) mass is 254 g/mol. The summed E-state index contributed by atoms with van der Waals surface area (Å²) in [6, 6.07) is 16.2. The fourth-order valence-electron chi connectivity index (χ4n) is 1.64. The van der Waals surface area contributed by atoms with Gasteiger partial charge in [-0.25, -0.2) is 0 Å². The van der Waals surface area contributed by atoms with Gasteiger partial charge in [0.15, 0.2) is 5.78 Å². The van der Waals surface area contributed by atoms with E-state index in [1.165, 1.54) is 0 Å². The maximum absolute atomic E-state index is 12.0. The Morgan fingerprint density at radius 1 is 0.895 bits per heavy atom. The van der Waals surface area contributed by atoms with Gasteiger partial charge >= 0.3 is 0 Å². The Morgan fingerprint density at radius 2 is 1.42 bits per heavy atom. The summed E-state index contributed by atoms with van der Waals surface area (Å²) in [6.45, 7) is 0. The van der Waals surface area contributed by atoms with Gasteiger partial charge in [0.2, 0.25) is 5.91 Å². The highest BCUT2D eigenvalue weighted by Crippen LogP contribution is 2.07. The minimum atomic E-state index is -1.21. The van der Waals surface area contributed by atoms with E-state index in [-0.39, 0.29) is 0 Å². The van der Waals surface area contributed by atoms with Crippen molar-refractivity contribution in [1.82, 2.24) is 0 Å². The molecule has 4 heteroatoms. The van der Waals surface area contributed by atoms with Gasteiger partial charge in [0.25, 0.3) is 0 Å². The van der Waals surface area contributed by atoms with Crippen LogP contribution >= 0.6 is 0 Å². The molecule has 2 rings (SSSR count). The van der Waals surface area contributed by atoms with Crippen molar-refractivity contribution in [2.45, 2.75) is 6.04 Å². The van der Waals surface area contributed by atoms with Gasteiger partial charge in [0.1, 0.15) is 6.04 Å². The van der Waals surface area contributed by atoms with Crippen molar-refractivity contribution in [3.05, 3.63) is 66.2 Å². The Kier molecular flexibility index (Phi) is 4.05. The van der Waals surface area contributed by atoms with Crippen LogP contribution in [-0.4, -0.2) is 17.7 Å². The second kappa shape index (κ2) is 5.93. The average molecular weight is 254 g/mol. The first-order chi connectivity index (χ1) is 9.18. The minimum absolute atomic E-state index is 0.394. The van der Waals surface area contributed by atoms with E-state index in [9.17, 15) is 9.59 Å². The Bertz CT molecular complexity index is 567. The number of anilines is 1. The number of hydrogen-bond donors (Lipinski definition) is 2. The molecule has 3 N–H and O–H groups in total. The van der Waals surface area contributed by atoms with Gasteiger partial charge in [-0.1, -0.05) is 48.5 Å². The normalized spacial score (nSPS) is 11.6. The fourth-order valence-corrected chi connectivity index (χ4v) is 1.64. The maximum Gasteiger partial charge on any atom is 0.249 e. The second-order valence-corrected chi connectivity index (χ2v) is 4.06. The van der Waals surface area contributed by atoms with Crippen LogP contribution in [0.4, 0.5) is 5.69 Å². The van der Waals surface area contributed by atoms with Crippen LogP contribution < -0.4 is 11.1 Å². The van der Waals surface area contributed by atoms with Crippen LogP contribution in [0.15, 0.2) is 60.7 Å². The number of carbonyl (C=O) groups is 2. The largest absolute Gasteiger partial charge is 0.324 e. The van der Waals surface area contributed by atoms with Crippen molar-refractivity contribution in [2.24, 2.45) is 5.73 Å². The van der Waals surface area contributed by atoms with E-state index in [0.717, 1.165) is 0 Å². The van der Waals surface area contributed by atoms with E-state index in [1.807, 2.05) is 6.07 Å². The summed E-state index contributed by atoms with van der Waals surface area (Å²) in [6.07, 6.45) is 0. The van der Waals surface area contributed by atoms with E-state index in [4.69, 9.17) is 5.73 Å². The van der Waals surface area contributed by atoms with Crippen LogP contribution in [0.3, 0.4) is 0 Å². The van der Waals surface area contributed by atoms with E-state index in [2.05, 4.69) is 5.32 Å². The molecule has 4 nitrogen and oxygen atoms in total. The zero-order valence-electron chi connectivity index (χ0n) is 10.2. The molecule has 0 radical (unpaired) electrons. The highest BCUT2D eigenvalue weighted by atomic mass is 16.2. The molecule has 0 aliphatic rings. The predicted molar refractivity (Wildman–Crippen MR) is 73.8 cm³/mol. The number of hydrogen-bond acceptors (Lipinski definition) is 3. The van der Waals surface area contributed by atoms with Crippen LogP contribution in [-0.2, 0) is 4.79 Å². The summed E-state index contributed by atoms with van der Waals surface area (Å²) in [5.41, 5.74) is 6.72. The molecule has 96 valence electrons. The number of amides is 1. The van der Waals surface area contributed by atoms with Gasteiger partial charge in [-0.3, -0.25) is 9.59 Å². The lowest BCUT2D eigenvalue weighted by atomic mass is 10.0. The average Bonchev–Trinajstić information content (AvgIpc) is 2.47. The Hall–Kier alpha value is -2.46. The number of Topliss-reactive ketones (excluding diaryl/α,β-unsaturated/α-hetero) is 1. The first kappa shape index (κ1) is 13.0. The van der Waals surface area contributed by atoms with Crippen molar-refractivity contribution in [3.63, 3.8) is 0 Å². The van der Waals surface area contributed by atoms with Crippen LogP contribution in [0.25, 0.3) is 0 Å². The zero-order chi connectivity index (χ0) is 13.7. The van der Waals surface area contributed by atoms with Gasteiger partial charge in [-0.2, -0.15) is 0 Å². The lowest BCUT2D eigenvalue weighted by molar-refractivity contribution is -0.116. The molecule has 2 aromatic rings. The molecule has 0 fully saturated rings. The molecule has 0 spiro atoms. The quantitative estimate of drug-likeness (QED) is 0.646. The molecule has 2 aromatic carbocycles. The summed E-state index contributed by atoms with van der Waals surface area (Å²) >= 11 is 0. The van der Waals surface area contributed by atoms with Crippen molar-refractivity contribution >= 4 is 17.4 Å². The van der Waals surface area contributed by atoms with Crippen LogP contribution in [0.5, 0.6) is 0 Å². The number of ketones is 1. The van der Waals surface area contributed by atoms with Crippen molar-refractivity contribution in [2.75, 3.05) is 5.32 Å². The topological polar surface area (TPSA) is 72.2 Å². The molecule has 1 atom stereocenters. The lowest BCUT2D eigenvalue weighted by Crippen LogP contribution is -2.42. The minimum Gasteiger partial charge on any atom is -0.324 e. The van der Waals surface area contributed by atoms with Gasteiger partial charge in [-0.15, -0.1) is 0 Å². The third-order valence-electron chi connectivity index (χ3n) is 2.66. The van der Waals surface area contributed by atoms with E-state index >= 15 is 0 Å². The molecule has 0 saturated carbocycles. The molecule has 0 aromatic heterocycles. The second-order valence-electron chi connectivity index (χ2n) is 4.06. The van der Waals surface area contributed by atoms with Gasteiger partial charge in [-0.05, 0) is 12.1 Å². The Labute approximate surface area is 111 Å². The number of carbonyl (C=O) groups excluding carboxylic acids is 2. The van der Waals surface area contributed by atoms with Crippen molar-refractivity contribution in [1.29, 1.82) is 0 Å². The third kappa shape index (κ3) is 3.26. The standard InChI is InChI=1S/C15H14N2O2/c16-13(14(18)11-7-3-1-4-8-11)15(19)17-12-9-5-2-6-10-12/h1-10,13H,16H2,(H,17,19).